The Morgan fingerprint density at radius 2 is 1.78 bits per heavy atom. The predicted molar refractivity (Wildman–Crippen MR) is 176 cm³/mol. The van der Waals surface area contributed by atoms with Crippen LogP contribution in [0.4, 0.5) is 0 Å². The molecule has 0 aromatic carbocycles. The fourth-order valence-electron chi connectivity index (χ4n) is 5.57. The monoisotopic (exact) mass is 717 g/mol. The zero-order chi connectivity index (χ0) is 36.9. The summed E-state index contributed by atoms with van der Waals surface area (Å²) in [6.07, 6.45) is 3.67. The summed E-state index contributed by atoms with van der Waals surface area (Å²) in [6.45, 7) is 6.77. The SMILES string of the molecule is CC(=O)N1CCCC1C(=O)NC(CC(C)C)C(=O)NC(Cc1cncn1CCCN)C(=O)NC(CO)CNC(C(N)=O)C(C)OP(=O)(O)O. The van der Waals surface area contributed by atoms with E-state index in [9.17, 15) is 33.6 Å². The molecule has 278 valence electrons. The second-order valence-corrected chi connectivity index (χ2v) is 13.7. The van der Waals surface area contributed by atoms with Gasteiger partial charge < -0.3 is 57.1 Å². The zero-order valence-electron chi connectivity index (χ0n) is 28.4. The Kier molecular flexibility index (Phi) is 16.7. The van der Waals surface area contributed by atoms with Gasteiger partial charge in [-0.25, -0.2) is 9.55 Å². The number of carbonyl (C=O) groups excluding carboxylic acids is 5. The van der Waals surface area contributed by atoms with Crippen LogP contribution in [-0.4, -0.2) is 121 Å². The van der Waals surface area contributed by atoms with Crippen LogP contribution in [0.15, 0.2) is 12.5 Å². The first-order chi connectivity index (χ1) is 23.0. The van der Waals surface area contributed by atoms with Gasteiger partial charge >= 0.3 is 7.82 Å². The first-order valence-corrected chi connectivity index (χ1v) is 17.7. The number of carbonyl (C=O) groups is 5. The lowest BCUT2D eigenvalue weighted by atomic mass is 10.0. The van der Waals surface area contributed by atoms with Crippen molar-refractivity contribution < 1.29 is 48.0 Å². The average molecular weight is 718 g/mol. The summed E-state index contributed by atoms with van der Waals surface area (Å²) in [7, 11) is -4.96. The normalized spacial score (nSPS) is 18.0. The largest absolute Gasteiger partial charge is 0.469 e. The molecule has 20 heteroatoms. The van der Waals surface area contributed by atoms with Crippen molar-refractivity contribution in [2.75, 3.05) is 26.2 Å². The smallest absolute Gasteiger partial charge is 0.394 e. The topological polar surface area (TPSA) is 294 Å². The molecule has 1 saturated heterocycles. The summed E-state index contributed by atoms with van der Waals surface area (Å²) in [5.74, 6) is -3.11. The Morgan fingerprint density at radius 1 is 1.10 bits per heavy atom. The Bertz CT molecular complexity index is 1320. The van der Waals surface area contributed by atoms with Gasteiger partial charge in [-0.3, -0.25) is 28.5 Å². The van der Waals surface area contributed by atoms with Crippen LogP contribution in [0.25, 0.3) is 0 Å². The number of rotatable bonds is 21. The number of likely N-dealkylation sites (tertiary alicyclic amines) is 1. The van der Waals surface area contributed by atoms with Gasteiger partial charge in [-0.05, 0) is 45.1 Å². The fourth-order valence-corrected chi connectivity index (χ4v) is 6.12. The highest BCUT2D eigenvalue weighted by Crippen LogP contribution is 2.38. The van der Waals surface area contributed by atoms with Gasteiger partial charge in [0.25, 0.3) is 0 Å². The van der Waals surface area contributed by atoms with Crippen LogP contribution < -0.4 is 32.7 Å². The number of aliphatic hydroxyl groups is 1. The molecule has 1 aliphatic rings. The number of aliphatic hydroxyl groups excluding tert-OH is 1. The maximum atomic E-state index is 13.8. The Hall–Kier alpha value is -3.45. The lowest BCUT2D eigenvalue weighted by molar-refractivity contribution is -0.138. The average Bonchev–Trinajstić information content (AvgIpc) is 3.67. The first-order valence-electron chi connectivity index (χ1n) is 16.2. The van der Waals surface area contributed by atoms with E-state index in [1.165, 1.54) is 24.9 Å². The molecule has 1 aromatic heterocycles. The minimum absolute atomic E-state index is 0.0338. The molecule has 0 spiro atoms. The van der Waals surface area contributed by atoms with E-state index in [0.717, 1.165) is 0 Å². The summed E-state index contributed by atoms with van der Waals surface area (Å²) in [6, 6.07) is -5.44. The van der Waals surface area contributed by atoms with Gasteiger partial charge in [-0.2, -0.15) is 0 Å². The molecule has 1 aromatic rings. The van der Waals surface area contributed by atoms with Crippen molar-refractivity contribution >= 4 is 37.4 Å². The van der Waals surface area contributed by atoms with Gasteiger partial charge in [0.15, 0.2) is 0 Å². The Balaban J connectivity index is 2.29. The number of primary amides is 1. The van der Waals surface area contributed by atoms with Crippen molar-refractivity contribution in [1.82, 2.24) is 35.7 Å². The van der Waals surface area contributed by atoms with Gasteiger partial charge in [-0.1, -0.05) is 13.8 Å². The molecule has 0 bridgehead atoms. The third-order valence-electron chi connectivity index (χ3n) is 7.98. The molecule has 0 saturated carbocycles. The highest BCUT2D eigenvalue weighted by atomic mass is 31.2. The molecular weight excluding hydrogens is 665 g/mol. The van der Waals surface area contributed by atoms with Crippen molar-refractivity contribution in [2.24, 2.45) is 17.4 Å². The molecule has 1 fully saturated rings. The number of hydrogen-bond acceptors (Lipinski definition) is 11. The quantitative estimate of drug-likeness (QED) is 0.0583. The van der Waals surface area contributed by atoms with Crippen LogP contribution in [0.3, 0.4) is 0 Å². The molecule has 2 heterocycles. The summed E-state index contributed by atoms with van der Waals surface area (Å²) in [4.78, 5) is 88.6. The molecule has 2 rings (SSSR count). The van der Waals surface area contributed by atoms with Crippen LogP contribution in [0, 0.1) is 5.92 Å². The maximum Gasteiger partial charge on any atom is 0.469 e. The molecule has 11 N–H and O–H groups in total. The van der Waals surface area contributed by atoms with E-state index < -0.39 is 74.4 Å². The van der Waals surface area contributed by atoms with E-state index in [-0.39, 0.29) is 31.2 Å². The van der Waals surface area contributed by atoms with Gasteiger partial charge in [-0.15, -0.1) is 0 Å². The highest BCUT2D eigenvalue weighted by molar-refractivity contribution is 7.46. The van der Waals surface area contributed by atoms with E-state index in [1.807, 2.05) is 13.8 Å². The number of phosphoric ester groups is 1. The van der Waals surface area contributed by atoms with E-state index in [4.69, 9.17) is 21.3 Å². The van der Waals surface area contributed by atoms with Crippen molar-refractivity contribution in [2.45, 2.75) is 103 Å². The van der Waals surface area contributed by atoms with E-state index in [1.54, 1.807) is 10.9 Å². The van der Waals surface area contributed by atoms with Crippen LogP contribution in [0.1, 0.15) is 59.1 Å². The van der Waals surface area contributed by atoms with Crippen LogP contribution in [0.2, 0.25) is 0 Å². The van der Waals surface area contributed by atoms with Crippen LogP contribution in [-0.2, 0) is 46.0 Å². The number of hydrogen-bond donors (Lipinski definition) is 9. The van der Waals surface area contributed by atoms with Crippen molar-refractivity contribution in [1.29, 1.82) is 0 Å². The van der Waals surface area contributed by atoms with Crippen molar-refractivity contribution in [3.8, 4) is 0 Å². The number of aryl methyl sites for hydroxylation is 1. The standard InChI is InChI=1S/C29H52N9O10P/c1-17(2)11-22(36-29(44)24-7-5-10-38(24)19(4)40)28(43)35-23(12-21-14-32-16-37(21)9-6-8-30)27(42)34-20(15-39)13-33-25(26(31)41)18(3)48-49(45,46)47/h14,16-18,20,22-25,33,39H,5-13,15,30H2,1-4H3,(H2,31,41)(H,34,42)(H,35,43)(H,36,44)(H2,45,46,47). The maximum absolute atomic E-state index is 13.8. The van der Waals surface area contributed by atoms with Gasteiger partial charge in [0.2, 0.25) is 29.5 Å². The molecule has 6 unspecified atom stereocenters. The fraction of sp³-hybridized carbons (Fsp3) is 0.724. The van der Waals surface area contributed by atoms with Crippen LogP contribution >= 0.6 is 7.82 Å². The van der Waals surface area contributed by atoms with Crippen LogP contribution in [0.5, 0.6) is 0 Å². The number of amides is 5. The lowest BCUT2D eigenvalue weighted by Gasteiger charge is -2.29. The highest BCUT2D eigenvalue weighted by Gasteiger charge is 2.36. The second kappa shape index (κ2) is 19.7. The summed E-state index contributed by atoms with van der Waals surface area (Å²) < 4.78 is 17.6. The van der Waals surface area contributed by atoms with Gasteiger partial charge in [0, 0.05) is 44.9 Å². The number of nitrogens with one attached hydrogen (secondary N) is 4. The molecular formula is C29H52N9O10P. The van der Waals surface area contributed by atoms with Crippen molar-refractivity contribution in [3.05, 3.63) is 18.2 Å². The number of nitrogens with two attached hydrogens (primary N) is 2. The van der Waals surface area contributed by atoms with E-state index in [2.05, 4.69) is 30.8 Å². The summed E-state index contributed by atoms with van der Waals surface area (Å²) in [5, 5.41) is 20.8. The molecule has 5 amide bonds. The molecule has 6 atom stereocenters. The zero-order valence-corrected chi connectivity index (χ0v) is 29.3. The number of phosphoric acid groups is 1. The number of imidazole rings is 1. The molecule has 0 radical (unpaired) electrons. The van der Waals surface area contributed by atoms with E-state index in [0.29, 0.717) is 44.6 Å². The number of nitrogens with zero attached hydrogens (tertiary/aromatic N) is 3. The third-order valence-corrected chi connectivity index (χ3v) is 8.59. The van der Waals surface area contributed by atoms with E-state index >= 15 is 0 Å². The summed E-state index contributed by atoms with van der Waals surface area (Å²) in [5.41, 5.74) is 11.6. The molecule has 1 aliphatic heterocycles. The minimum Gasteiger partial charge on any atom is -0.394 e. The van der Waals surface area contributed by atoms with Gasteiger partial charge in [0.05, 0.1) is 25.1 Å². The third kappa shape index (κ3) is 13.8. The molecule has 0 aliphatic carbocycles. The Morgan fingerprint density at radius 3 is 2.35 bits per heavy atom. The summed E-state index contributed by atoms with van der Waals surface area (Å²) >= 11 is 0. The second-order valence-electron chi connectivity index (χ2n) is 12.5. The minimum atomic E-state index is -4.96. The van der Waals surface area contributed by atoms with Gasteiger partial charge in [0.1, 0.15) is 24.2 Å². The predicted octanol–water partition coefficient (Wildman–Crippen LogP) is -2.78. The first kappa shape index (κ1) is 41.7. The lowest BCUT2D eigenvalue weighted by Crippen LogP contribution is -2.59. The Labute approximate surface area is 285 Å². The molecule has 49 heavy (non-hydrogen) atoms. The van der Waals surface area contributed by atoms with Crippen molar-refractivity contribution in [3.63, 3.8) is 0 Å². The molecule has 19 nitrogen and oxygen atoms in total. The number of aromatic nitrogens is 2.